The summed E-state index contributed by atoms with van der Waals surface area (Å²) in [5.41, 5.74) is 0.706. The van der Waals surface area contributed by atoms with Crippen molar-refractivity contribution in [2.75, 3.05) is 24.6 Å². The zero-order valence-corrected chi connectivity index (χ0v) is 12.6. The van der Waals surface area contributed by atoms with Crippen molar-refractivity contribution < 1.29 is 9.13 Å². The molecule has 2 heterocycles. The van der Waals surface area contributed by atoms with Crippen LogP contribution in [0.15, 0.2) is 12.3 Å². The lowest BCUT2D eigenvalue weighted by atomic mass is 10.2. The number of aromatic nitrogens is 1. The minimum atomic E-state index is -0.189. The summed E-state index contributed by atoms with van der Waals surface area (Å²) in [6, 6.07) is 2.35. The highest BCUT2D eigenvalue weighted by molar-refractivity contribution is 5.43. The molecule has 116 valence electrons. The number of ether oxygens (including phenoxy) is 1. The van der Waals surface area contributed by atoms with Gasteiger partial charge in [0.25, 0.3) is 0 Å². The van der Waals surface area contributed by atoms with Crippen LogP contribution in [0, 0.1) is 5.82 Å². The Balaban J connectivity index is 1.70. The number of pyridine rings is 1. The summed E-state index contributed by atoms with van der Waals surface area (Å²) in [6.45, 7) is 4.90. The molecule has 0 radical (unpaired) electrons. The number of likely N-dealkylation sites (N-methyl/N-ethyl adjacent to an activating group) is 1. The molecule has 1 saturated carbocycles. The maximum Gasteiger partial charge on any atom is 0.170 e. The summed E-state index contributed by atoms with van der Waals surface area (Å²) in [5.74, 6) is 0.272. The number of nitrogens with one attached hydrogen (secondary N) is 1. The average molecular weight is 293 g/mol. The van der Waals surface area contributed by atoms with Crippen molar-refractivity contribution in [3.05, 3.63) is 23.6 Å². The van der Waals surface area contributed by atoms with Gasteiger partial charge in [0.2, 0.25) is 0 Å². The molecular formula is C16H24FN3O. The topological polar surface area (TPSA) is 37.4 Å². The minimum absolute atomic E-state index is 0.189. The average Bonchev–Trinajstić information content (AvgIpc) is 3.19. The summed E-state index contributed by atoms with van der Waals surface area (Å²) >= 11 is 0. The highest BCUT2D eigenvalue weighted by atomic mass is 19.1. The minimum Gasteiger partial charge on any atom is -0.376 e. The Hall–Kier alpha value is -1.20. The molecule has 5 heteroatoms. The van der Waals surface area contributed by atoms with Crippen molar-refractivity contribution in [2.45, 2.75) is 51.3 Å². The van der Waals surface area contributed by atoms with E-state index in [1.54, 1.807) is 12.3 Å². The third kappa shape index (κ3) is 3.71. The number of anilines is 1. The normalized spacial score (nSPS) is 21.7. The largest absolute Gasteiger partial charge is 0.376 e. The monoisotopic (exact) mass is 293 g/mol. The maximum atomic E-state index is 14.7. The van der Waals surface area contributed by atoms with Gasteiger partial charge in [-0.1, -0.05) is 0 Å². The number of rotatable bonds is 7. The molecule has 4 nitrogen and oxygen atoms in total. The van der Waals surface area contributed by atoms with Gasteiger partial charge in [0.1, 0.15) is 0 Å². The molecule has 0 bridgehead atoms. The van der Waals surface area contributed by atoms with E-state index in [-0.39, 0.29) is 11.9 Å². The molecule has 1 saturated heterocycles. The fourth-order valence-electron chi connectivity index (χ4n) is 2.77. The summed E-state index contributed by atoms with van der Waals surface area (Å²) in [4.78, 5) is 6.25. The molecule has 1 unspecified atom stereocenters. The van der Waals surface area contributed by atoms with Crippen molar-refractivity contribution in [1.82, 2.24) is 10.3 Å². The van der Waals surface area contributed by atoms with Crippen LogP contribution in [0.25, 0.3) is 0 Å². The van der Waals surface area contributed by atoms with Gasteiger partial charge in [0.15, 0.2) is 11.6 Å². The van der Waals surface area contributed by atoms with Gasteiger partial charge >= 0.3 is 0 Å². The fraction of sp³-hybridized carbons (Fsp3) is 0.688. The molecular weight excluding hydrogens is 269 g/mol. The lowest BCUT2D eigenvalue weighted by Gasteiger charge is -2.26. The first kappa shape index (κ1) is 14.7. The molecule has 21 heavy (non-hydrogen) atoms. The van der Waals surface area contributed by atoms with Gasteiger partial charge in [-0.25, -0.2) is 9.37 Å². The second-order valence-electron chi connectivity index (χ2n) is 5.94. The number of hydrogen-bond acceptors (Lipinski definition) is 4. The smallest absolute Gasteiger partial charge is 0.170 e. The van der Waals surface area contributed by atoms with Gasteiger partial charge in [-0.05, 0) is 38.7 Å². The molecule has 3 rings (SSSR count). The summed E-state index contributed by atoms with van der Waals surface area (Å²) in [5, 5.41) is 3.36. The predicted molar refractivity (Wildman–Crippen MR) is 80.9 cm³/mol. The van der Waals surface area contributed by atoms with Crippen LogP contribution in [-0.4, -0.2) is 36.8 Å². The summed E-state index contributed by atoms with van der Waals surface area (Å²) in [7, 11) is 0. The predicted octanol–water partition coefficient (Wildman–Crippen LogP) is 2.48. The summed E-state index contributed by atoms with van der Waals surface area (Å²) in [6.07, 6.45) is 6.49. The second-order valence-corrected chi connectivity index (χ2v) is 5.94. The molecule has 2 aliphatic rings. The fourth-order valence-corrected chi connectivity index (χ4v) is 2.77. The van der Waals surface area contributed by atoms with Crippen molar-refractivity contribution in [1.29, 1.82) is 0 Å². The standard InChI is InChI=1S/C16H24FN3O/c1-2-20(11-14-4-3-9-21-14)16-15(17)12(7-8-18-16)10-19-13-5-6-13/h7-8,13-14,19H,2-6,9-11H2,1H3. The van der Waals surface area contributed by atoms with Crippen LogP contribution in [0.3, 0.4) is 0 Å². The van der Waals surface area contributed by atoms with Gasteiger partial charge in [-0.15, -0.1) is 0 Å². The van der Waals surface area contributed by atoms with E-state index in [1.807, 2.05) is 11.8 Å². The van der Waals surface area contributed by atoms with Gasteiger partial charge in [-0.2, -0.15) is 0 Å². The van der Waals surface area contributed by atoms with Crippen LogP contribution in [0.4, 0.5) is 10.2 Å². The third-order valence-corrected chi connectivity index (χ3v) is 4.24. The van der Waals surface area contributed by atoms with Crippen molar-refractivity contribution >= 4 is 5.82 Å². The highest BCUT2D eigenvalue weighted by Crippen LogP contribution is 2.24. The summed E-state index contributed by atoms with van der Waals surface area (Å²) < 4.78 is 20.3. The van der Waals surface area contributed by atoms with Crippen molar-refractivity contribution in [2.24, 2.45) is 0 Å². The maximum absolute atomic E-state index is 14.7. The molecule has 1 atom stereocenters. The number of hydrogen-bond donors (Lipinski definition) is 1. The Labute approximate surface area is 125 Å². The molecule has 1 aliphatic heterocycles. The van der Waals surface area contributed by atoms with Gasteiger partial charge in [0, 0.05) is 44.0 Å². The molecule has 1 aromatic heterocycles. The quantitative estimate of drug-likeness (QED) is 0.838. The van der Waals surface area contributed by atoms with Gasteiger partial charge < -0.3 is 15.0 Å². The Bertz CT molecular complexity index is 473. The molecule has 1 N–H and O–H groups in total. The Kier molecular flexibility index (Phi) is 4.70. The molecule has 1 aromatic rings. The molecule has 2 fully saturated rings. The third-order valence-electron chi connectivity index (χ3n) is 4.24. The van der Waals surface area contributed by atoms with Crippen LogP contribution in [-0.2, 0) is 11.3 Å². The molecule has 0 spiro atoms. The van der Waals surface area contributed by atoms with E-state index >= 15 is 0 Å². The Morgan fingerprint density at radius 2 is 2.29 bits per heavy atom. The molecule has 0 aromatic carbocycles. The van der Waals surface area contributed by atoms with Crippen LogP contribution >= 0.6 is 0 Å². The van der Waals surface area contributed by atoms with Crippen LogP contribution in [0.2, 0.25) is 0 Å². The van der Waals surface area contributed by atoms with Crippen molar-refractivity contribution in [3.63, 3.8) is 0 Å². The highest BCUT2D eigenvalue weighted by Gasteiger charge is 2.24. The second kappa shape index (κ2) is 6.71. The lowest BCUT2D eigenvalue weighted by Crippen LogP contribution is -2.33. The first-order valence-corrected chi connectivity index (χ1v) is 8.01. The Morgan fingerprint density at radius 1 is 1.43 bits per heavy atom. The number of nitrogens with zero attached hydrogens (tertiary/aromatic N) is 2. The van der Waals surface area contributed by atoms with Gasteiger partial charge in [0.05, 0.1) is 6.10 Å². The molecule has 0 amide bonds. The SMILES string of the molecule is CCN(CC1CCCO1)c1nccc(CNC2CC2)c1F. The van der Waals surface area contributed by atoms with Crippen LogP contribution < -0.4 is 10.2 Å². The van der Waals surface area contributed by atoms with E-state index in [2.05, 4.69) is 10.3 Å². The van der Waals surface area contributed by atoms with E-state index in [1.165, 1.54) is 12.8 Å². The van der Waals surface area contributed by atoms with E-state index in [0.29, 0.717) is 24.0 Å². The lowest BCUT2D eigenvalue weighted by molar-refractivity contribution is 0.115. The van der Waals surface area contributed by atoms with E-state index in [0.717, 1.165) is 32.5 Å². The first-order chi connectivity index (χ1) is 10.3. The molecule has 1 aliphatic carbocycles. The van der Waals surface area contributed by atoms with E-state index in [9.17, 15) is 4.39 Å². The number of halogens is 1. The zero-order chi connectivity index (χ0) is 14.7. The van der Waals surface area contributed by atoms with Crippen LogP contribution in [0.1, 0.15) is 38.2 Å². The zero-order valence-electron chi connectivity index (χ0n) is 12.6. The van der Waals surface area contributed by atoms with E-state index in [4.69, 9.17) is 4.74 Å². The first-order valence-electron chi connectivity index (χ1n) is 8.01. The van der Waals surface area contributed by atoms with Crippen LogP contribution in [0.5, 0.6) is 0 Å². The van der Waals surface area contributed by atoms with Gasteiger partial charge in [-0.3, -0.25) is 0 Å². The van der Waals surface area contributed by atoms with E-state index < -0.39 is 0 Å². The van der Waals surface area contributed by atoms with Crippen molar-refractivity contribution in [3.8, 4) is 0 Å². The Morgan fingerprint density at radius 3 is 2.95 bits per heavy atom.